The molecule has 0 radical (unpaired) electrons. The van der Waals surface area contributed by atoms with Crippen molar-refractivity contribution < 1.29 is 9.59 Å². The van der Waals surface area contributed by atoms with Gasteiger partial charge in [0.2, 0.25) is 11.8 Å². The molecule has 126 valence electrons. The smallest absolute Gasteiger partial charge is 0.228 e. The first-order valence-corrected chi connectivity index (χ1v) is 7.97. The number of anilines is 2. The van der Waals surface area contributed by atoms with Crippen molar-refractivity contribution >= 4 is 23.2 Å². The van der Waals surface area contributed by atoms with Gasteiger partial charge in [0.25, 0.3) is 0 Å². The fourth-order valence-electron chi connectivity index (χ4n) is 2.45. The number of amides is 2. The Hall–Kier alpha value is -2.82. The summed E-state index contributed by atoms with van der Waals surface area (Å²) in [7, 11) is 0. The highest BCUT2D eigenvalue weighted by molar-refractivity contribution is 5.93. The largest absolute Gasteiger partial charge is 0.399 e. The molecule has 0 heterocycles. The summed E-state index contributed by atoms with van der Waals surface area (Å²) in [6.07, 6.45) is 0.277. The van der Waals surface area contributed by atoms with Crippen LogP contribution in [0.25, 0.3) is 0 Å². The fraction of sp³-hybridized carbons (Fsp3) is 0.263. The zero-order valence-electron chi connectivity index (χ0n) is 14.1. The maximum Gasteiger partial charge on any atom is 0.228 e. The van der Waals surface area contributed by atoms with Crippen molar-refractivity contribution in [2.24, 2.45) is 0 Å². The van der Waals surface area contributed by atoms with Crippen molar-refractivity contribution in [1.82, 2.24) is 4.90 Å². The number of nitrogen functional groups attached to an aromatic ring is 1. The van der Waals surface area contributed by atoms with Gasteiger partial charge >= 0.3 is 0 Å². The van der Waals surface area contributed by atoms with Gasteiger partial charge in [-0.15, -0.1) is 0 Å². The average molecular weight is 325 g/mol. The van der Waals surface area contributed by atoms with Gasteiger partial charge in [-0.2, -0.15) is 0 Å². The molecular formula is C19H23N3O2. The summed E-state index contributed by atoms with van der Waals surface area (Å²) in [5.74, 6) is -0.0846. The zero-order chi connectivity index (χ0) is 17.5. The maximum atomic E-state index is 12.3. The predicted molar refractivity (Wildman–Crippen MR) is 96.4 cm³/mol. The molecule has 0 saturated carbocycles. The van der Waals surface area contributed by atoms with Gasteiger partial charge in [-0.1, -0.05) is 30.3 Å². The van der Waals surface area contributed by atoms with E-state index in [0.717, 1.165) is 16.8 Å². The molecule has 0 aliphatic rings. The number of rotatable bonds is 6. The van der Waals surface area contributed by atoms with Crippen LogP contribution >= 0.6 is 0 Å². The SMILES string of the molecule is CCN(Cc1ccccc1NC(=O)Cc1ccc(N)cc1)C(C)=O. The molecular weight excluding hydrogens is 302 g/mol. The Morgan fingerprint density at radius 2 is 1.75 bits per heavy atom. The van der Waals surface area contributed by atoms with Crippen LogP contribution in [0.15, 0.2) is 48.5 Å². The summed E-state index contributed by atoms with van der Waals surface area (Å²) in [5, 5.41) is 2.93. The summed E-state index contributed by atoms with van der Waals surface area (Å²) in [6.45, 7) is 4.59. The number of para-hydroxylation sites is 1. The molecule has 24 heavy (non-hydrogen) atoms. The lowest BCUT2D eigenvalue weighted by atomic mass is 10.1. The lowest BCUT2D eigenvalue weighted by Gasteiger charge is -2.21. The molecule has 2 rings (SSSR count). The van der Waals surface area contributed by atoms with Gasteiger partial charge in [0, 0.05) is 31.4 Å². The molecule has 2 aromatic carbocycles. The van der Waals surface area contributed by atoms with Crippen molar-refractivity contribution in [3.8, 4) is 0 Å². The third kappa shape index (κ3) is 4.84. The minimum Gasteiger partial charge on any atom is -0.399 e. The number of nitrogens with one attached hydrogen (secondary N) is 1. The van der Waals surface area contributed by atoms with Crippen LogP contribution in [0.5, 0.6) is 0 Å². The maximum absolute atomic E-state index is 12.3. The highest BCUT2D eigenvalue weighted by Gasteiger charge is 2.12. The topological polar surface area (TPSA) is 75.4 Å². The normalized spacial score (nSPS) is 10.2. The Balaban J connectivity index is 2.07. The molecule has 0 unspecified atom stereocenters. The predicted octanol–water partition coefficient (Wildman–Crippen LogP) is 2.82. The van der Waals surface area contributed by atoms with E-state index in [1.807, 2.05) is 43.3 Å². The molecule has 2 aromatic rings. The molecule has 0 atom stereocenters. The summed E-state index contributed by atoms with van der Waals surface area (Å²) in [6, 6.07) is 14.8. The monoisotopic (exact) mass is 325 g/mol. The second-order valence-electron chi connectivity index (χ2n) is 5.66. The number of nitrogens with zero attached hydrogens (tertiary/aromatic N) is 1. The second kappa shape index (κ2) is 8.15. The Morgan fingerprint density at radius 3 is 2.38 bits per heavy atom. The quantitative estimate of drug-likeness (QED) is 0.802. The summed E-state index contributed by atoms with van der Waals surface area (Å²) in [4.78, 5) is 25.6. The lowest BCUT2D eigenvalue weighted by molar-refractivity contribution is -0.129. The first-order valence-electron chi connectivity index (χ1n) is 7.97. The Labute approximate surface area is 142 Å². The van der Waals surface area contributed by atoms with Gasteiger partial charge in [0.1, 0.15) is 0 Å². The van der Waals surface area contributed by atoms with E-state index < -0.39 is 0 Å². The molecule has 0 spiro atoms. The average Bonchev–Trinajstić information content (AvgIpc) is 2.55. The van der Waals surface area contributed by atoms with Crippen LogP contribution in [0.3, 0.4) is 0 Å². The molecule has 0 fully saturated rings. The lowest BCUT2D eigenvalue weighted by Crippen LogP contribution is -2.28. The van der Waals surface area contributed by atoms with Gasteiger partial charge < -0.3 is 16.0 Å². The second-order valence-corrected chi connectivity index (χ2v) is 5.66. The zero-order valence-corrected chi connectivity index (χ0v) is 14.1. The van der Waals surface area contributed by atoms with Crippen LogP contribution in [-0.2, 0) is 22.6 Å². The number of benzene rings is 2. The molecule has 0 aliphatic heterocycles. The molecule has 5 heteroatoms. The highest BCUT2D eigenvalue weighted by Crippen LogP contribution is 2.18. The molecule has 3 N–H and O–H groups in total. The Morgan fingerprint density at radius 1 is 1.08 bits per heavy atom. The number of carbonyl (C=O) groups excluding carboxylic acids is 2. The number of hydrogen-bond donors (Lipinski definition) is 2. The number of hydrogen-bond acceptors (Lipinski definition) is 3. The third-order valence-corrected chi connectivity index (χ3v) is 3.82. The van der Waals surface area contributed by atoms with Crippen molar-refractivity contribution in [1.29, 1.82) is 0 Å². The van der Waals surface area contributed by atoms with E-state index in [4.69, 9.17) is 5.73 Å². The van der Waals surface area contributed by atoms with Crippen molar-refractivity contribution in [2.45, 2.75) is 26.8 Å². The van der Waals surface area contributed by atoms with Gasteiger partial charge in [-0.05, 0) is 36.2 Å². The molecule has 0 saturated heterocycles. The number of carbonyl (C=O) groups is 2. The molecule has 2 amide bonds. The van der Waals surface area contributed by atoms with Crippen LogP contribution in [0.4, 0.5) is 11.4 Å². The summed E-state index contributed by atoms with van der Waals surface area (Å²) in [5.41, 5.74) is 8.88. The van der Waals surface area contributed by atoms with Gasteiger partial charge in [-0.3, -0.25) is 9.59 Å². The fourth-order valence-corrected chi connectivity index (χ4v) is 2.45. The van der Waals surface area contributed by atoms with E-state index in [1.54, 1.807) is 24.0 Å². The molecule has 0 aromatic heterocycles. The Bertz CT molecular complexity index is 711. The van der Waals surface area contributed by atoms with E-state index in [0.29, 0.717) is 18.8 Å². The third-order valence-electron chi connectivity index (χ3n) is 3.82. The van der Waals surface area contributed by atoms with Crippen LogP contribution in [0.2, 0.25) is 0 Å². The standard InChI is InChI=1S/C19H23N3O2/c1-3-22(14(2)23)13-16-6-4-5-7-18(16)21-19(24)12-15-8-10-17(20)11-9-15/h4-11H,3,12-13,20H2,1-2H3,(H,21,24). The minimum absolute atomic E-state index is 0.0144. The van der Waals surface area contributed by atoms with E-state index in [2.05, 4.69) is 5.32 Å². The van der Waals surface area contributed by atoms with Crippen LogP contribution in [-0.4, -0.2) is 23.3 Å². The van der Waals surface area contributed by atoms with Crippen molar-refractivity contribution in [3.05, 3.63) is 59.7 Å². The van der Waals surface area contributed by atoms with E-state index >= 15 is 0 Å². The van der Waals surface area contributed by atoms with Crippen molar-refractivity contribution in [2.75, 3.05) is 17.6 Å². The highest BCUT2D eigenvalue weighted by atomic mass is 16.2. The first kappa shape index (κ1) is 17.5. The van der Waals surface area contributed by atoms with Crippen LogP contribution in [0.1, 0.15) is 25.0 Å². The summed E-state index contributed by atoms with van der Waals surface area (Å²) >= 11 is 0. The molecule has 5 nitrogen and oxygen atoms in total. The van der Waals surface area contributed by atoms with Crippen LogP contribution in [0, 0.1) is 0 Å². The number of nitrogens with two attached hydrogens (primary N) is 1. The van der Waals surface area contributed by atoms with Crippen molar-refractivity contribution in [3.63, 3.8) is 0 Å². The van der Waals surface area contributed by atoms with Crippen LogP contribution < -0.4 is 11.1 Å². The van der Waals surface area contributed by atoms with Gasteiger partial charge in [-0.25, -0.2) is 0 Å². The van der Waals surface area contributed by atoms with E-state index in [1.165, 1.54) is 0 Å². The molecule has 0 aliphatic carbocycles. The van der Waals surface area contributed by atoms with E-state index in [-0.39, 0.29) is 18.2 Å². The Kier molecular flexibility index (Phi) is 5.95. The van der Waals surface area contributed by atoms with Gasteiger partial charge in [0.05, 0.1) is 6.42 Å². The molecule has 0 bridgehead atoms. The first-order chi connectivity index (χ1) is 11.5. The van der Waals surface area contributed by atoms with E-state index in [9.17, 15) is 9.59 Å². The summed E-state index contributed by atoms with van der Waals surface area (Å²) < 4.78 is 0. The van der Waals surface area contributed by atoms with Gasteiger partial charge in [0.15, 0.2) is 0 Å². The minimum atomic E-state index is -0.0990.